The molecule has 1 unspecified atom stereocenters. The van der Waals surface area contributed by atoms with Gasteiger partial charge in [0.15, 0.2) is 0 Å². The standard InChI is InChI=1S/C11H20N2O2/c1-9(2)13-10(7-12)8-15-11-3-5-14-6-4-11/h9-11,13H,3-6,8H2,1-2H3. The van der Waals surface area contributed by atoms with E-state index >= 15 is 0 Å². The fraction of sp³-hybridized carbons (Fsp3) is 0.909. The Morgan fingerprint density at radius 3 is 2.67 bits per heavy atom. The SMILES string of the molecule is CC(C)NC(C#N)COC1CCOCC1. The first-order valence-corrected chi connectivity index (χ1v) is 5.57. The monoisotopic (exact) mass is 212 g/mol. The molecule has 1 rings (SSSR count). The third-order valence-electron chi connectivity index (χ3n) is 2.36. The molecule has 1 saturated heterocycles. The van der Waals surface area contributed by atoms with E-state index in [1.54, 1.807) is 0 Å². The predicted molar refractivity (Wildman–Crippen MR) is 57.5 cm³/mol. The number of hydrogen-bond donors (Lipinski definition) is 1. The minimum Gasteiger partial charge on any atom is -0.381 e. The van der Waals surface area contributed by atoms with Crippen molar-refractivity contribution >= 4 is 0 Å². The van der Waals surface area contributed by atoms with Crippen LogP contribution < -0.4 is 5.32 Å². The lowest BCUT2D eigenvalue weighted by atomic mass is 10.1. The highest BCUT2D eigenvalue weighted by atomic mass is 16.5. The minimum absolute atomic E-state index is 0.201. The summed E-state index contributed by atoms with van der Waals surface area (Å²) < 4.78 is 10.9. The first kappa shape index (κ1) is 12.4. The van der Waals surface area contributed by atoms with Gasteiger partial charge in [0, 0.05) is 19.3 Å². The van der Waals surface area contributed by atoms with Crippen molar-refractivity contribution in [1.82, 2.24) is 5.32 Å². The Bertz CT molecular complexity index is 207. The molecule has 1 heterocycles. The molecule has 1 fully saturated rings. The van der Waals surface area contributed by atoms with Crippen LogP contribution in [0.1, 0.15) is 26.7 Å². The number of hydrogen-bond acceptors (Lipinski definition) is 4. The molecule has 1 aliphatic rings. The van der Waals surface area contributed by atoms with E-state index in [2.05, 4.69) is 11.4 Å². The van der Waals surface area contributed by atoms with Crippen molar-refractivity contribution in [1.29, 1.82) is 5.26 Å². The second kappa shape index (κ2) is 6.78. The molecule has 0 aromatic heterocycles. The number of nitrogens with one attached hydrogen (secondary N) is 1. The Balaban J connectivity index is 2.18. The van der Waals surface area contributed by atoms with Gasteiger partial charge >= 0.3 is 0 Å². The molecule has 0 radical (unpaired) electrons. The maximum Gasteiger partial charge on any atom is 0.119 e. The lowest BCUT2D eigenvalue weighted by Crippen LogP contribution is -2.38. The Hall–Kier alpha value is -0.630. The molecule has 0 aromatic carbocycles. The summed E-state index contributed by atoms with van der Waals surface area (Å²) in [6.45, 7) is 6.08. The van der Waals surface area contributed by atoms with Crippen LogP contribution in [0.2, 0.25) is 0 Å². The van der Waals surface area contributed by atoms with Gasteiger partial charge in [0.1, 0.15) is 6.04 Å². The van der Waals surface area contributed by atoms with E-state index in [1.165, 1.54) is 0 Å². The number of nitriles is 1. The highest BCUT2D eigenvalue weighted by Crippen LogP contribution is 2.10. The molecule has 1 aliphatic heterocycles. The molecule has 1 atom stereocenters. The average molecular weight is 212 g/mol. The summed E-state index contributed by atoms with van der Waals surface area (Å²) in [6.07, 6.45) is 2.16. The highest BCUT2D eigenvalue weighted by Gasteiger charge is 2.16. The van der Waals surface area contributed by atoms with Gasteiger partial charge in [-0.3, -0.25) is 5.32 Å². The number of rotatable bonds is 5. The largest absolute Gasteiger partial charge is 0.381 e. The van der Waals surface area contributed by atoms with Gasteiger partial charge in [0.2, 0.25) is 0 Å². The van der Waals surface area contributed by atoms with Crippen LogP contribution >= 0.6 is 0 Å². The second-order valence-corrected chi connectivity index (χ2v) is 4.15. The molecule has 86 valence electrons. The van der Waals surface area contributed by atoms with E-state index in [4.69, 9.17) is 14.7 Å². The predicted octanol–water partition coefficient (Wildman–Crippen LogP) is 1.07. The van der Waals surface area contributed by atoms with Gasteiger partial charge in [0.25, 0.3) is 0 Å². The highest BCUT2D eigenvalue weighted by molar-refractivity contribution is 4.90. The average Bonchev–Trinajstić information content (AvgIpc) is 2.25. The van der Waals surface area contributed by atoms with Crippen LogP contribution in [0, 0.1) is 11.3 Å². The second-order valence-electron chi connectivity index (χ2n) is 4.15. The van der Waals surface area contributed by atoms with Gasteiger partial charge in [-0.2, -0.15) is 5.26 Å². The normalized spacial score (nSPS) is 20.1. The molecule has 0 saturated carbocycles. The first-order chi connectivity index (χ1) is 7.22. The van der Waals surface area contributed by atoms with Gasteiger partial charge in [-0.1, -0.05) is 0 Å². The van der Waals surface area contributed by atoms with E-state index in [9.17, 15) is 0 Å². The van der Waals surface area contributed by atoms with Gasteiger partial charge in [-0.05, 0) is 26.7 Å². The Morgan fingerprint density at radius 1 is 1.47 bits per heavy atom. The number of nitrogens with zero attached hydrogens (tertiary/aromatic N) is 1. The van der Waals surface area contributed by atoms with E-state index in [0.29, 0.717) is 12.6 Å². The molecule has 0 aromatic rings. The molecular weight excluding hydrogens is 192 g/mol. The fourth-order valence-electron chi connectivity index (χ4n) is 1.60. The summed E-state index contributed by atoms with van der Waals surface area (Å²) in [4.78, 5) is 0. The van der Waals surface area contributed by atoms with Gasteiger partial charge < -0.3 is 9.47 Å². The van der Waals surface area contributed by atoms with E-state index < -0.39 is 0 Å². The number of ether oxygens (including phenoxy) is 2. The smallest absolute Gasteiger partial charge is 0.119 e. The lowest BCUT2D eigenvalue weighted by molar-refractivity contribution is -0.0349. The van der Waals surface area contributed by atoms with Crippen LogP contribution in [-0.4, -0.2) is 38.0 Å². The quantitative estimate of drug-likeness (QED) is 0.740. The first-order valence-electron chi connectivity index (χ1n) is 5.57. The summed E-state index contributed by atoms with van der Waals surface area (Å²) in [5.74, 6) is 0. The van der Waals surface area contributed by atoms with Crippen molar-refractivity contribution in [2.75, 3.05) is 19.8 Å². The zero-order chi connectivity index (χ0) is 11.1. The van der Waals surface area contributed by atoms with Crippen LogP contribution in [0.25, 0.3) is 0 Å². The minimum atomic E-state index is -0.201. The van der Waals surface area contributed by atoms with Crippen molar-refractivity contribution in [2.45, 2.75) is 44.9 Å². The van der Waals surface area contributed by atoms with E-state index in [-0.39, 0.29) is 12.1 Å². The van der Waals surface area contributed by atoms with Crippen molar-refractivity contribution in [3.8, 4) is 6.07 Å². The van der Waals surface area contributed by atoms with Gasteiger partial charge in [0.05, 0.1) is 18.8 Å². The fourth-order valence-corrected chi connectivity index (χ4v) is 1.60. The van der Waals surface area contributed by atoms with Crippen LogP contribution in [0.4, 0.5) is 0 Å². The molecule has 15 heavy (non-hydrogen) atoms. The topological polar surface area (TPSA) is 54.3 Å². The molecule has 0 amide bonds. The zero-order valence-corrected chi connectivity index (χ0v) is 9.53. The third kappa shape index (κ3) is 5.12. The Morgan fingerprint density at radius 2 is 2.13 bits per heavy atom. The molecule has 0 spiro atoms. The van der Waals surface area contributed by atoms with Crippen molar-refractivity contribution in [2.24, 2.45) is 0 Å². The Labute approximate surface area is 91.6 Å². The van der Waals surface area contributed by atoms with Crippen LogP contribution in [0.5, 0.6) is 0 Å². The van der Waals surface area contributed by atoms with Crippen molar-refractivity contribution in [3.05, 3.63) is 0 Å². The van der Waals surface area contributed by atoms with Crippen molar-refractivity contribution in [3.63, 3.8) is 0 Å². The molecule has 4 nitrogen and oxygen atoms in total. The third-order valence-corrected chi connectivity index (χ3v) is 2.36. The maximum absolute atomic E-state index is 8.89. The molecule has 1 N–H and O–H groups in total. The Kier molecular flexibility index (Phi) is 5.62. The molecule has 0 aliphatic carbocycles. The molecular formula is C11H20N2O2. The summed E-state index contributed by atoms with van der Waals surface area (Å²) in [5.41, 5.74) is 0. The van der Waals surface area contributed by atoms with Crippen LogP contribution in [0.15, 0.2) is 0 Å². The van der Waals surface area contributed by atoms with Crippen LogP contribution in [-0.2, 0) is 9.47 Å². The van der Waals surface area contributed by atoms with Crippen molar-refractivity contribution < 1.29 is 9.47 Å². The zero-order valence-electron chi connectivity index (χ0n) is 9.53. The van der Waals surface area contributed by atoms with Gasteiger partial charge in [-0.15, -0.1) is 0 Å². The van der Waals surface area contributed by atoms with E-state index in [0.717, 1.165) is 26.1 Å². The molecule has 4 heteroatoms. The lowest BCUT2D eigenvalue weighted by Gasteiger charge is -2.24. The maximum atomic E-state index is 8.89. The van der Waals surface area contributed by atoms with Crippen LogP contribution in [0.3, 0.4) is 0 Å². The summed E-state index contributed by atoms with van der Waals surface area (Å²) in [7, 11) is 0. The summed E-state index contributed by atoms with van der Waals surface area (Å²) in [5, 5.41) is 12.0. The van der Waals surface area contributed by atoms with E-state index in [1.807, 2.05) is 13.8 Å². The molecule has 0 bridgehead atoms. The summed E-state index contributed by atoms with van der Waals surface area (Å²) in [6, 6.07) is 2.32. The van der Waals surface area contributed by atoms with Gasteiger partial charge in [-0.25, -0.2) is 0 Å². The summed E-state index contributed by atoms with van der Waals surface area (Å²) >= 11 is 0.